The van der Waals surface area contributed by atoms with E-state index in [-0.39, 0.29) is 0 Å². The van der Waals surface area contributed by atoms with Gasteiger partial charge in [-0.25, -0.2) is 0 Å². The van der Waals surface area contributed by atoms with E-state index in [1.165, 1.54) is 25.8 Å². The molecule has 0 aliphatic heterocycles. The molecule has 1 saturated carbocycles. The number of nitrogens with zero attached hydrogens (tertiary/aromatic N) is 1. The highest BCUT2D eigenvalue weighted by Crippen LogP contribution is 2.47. The number of hydrogen-bond acceptors (Lipinski definition) is 2. The molecule has 0 aromatic rings. The average molecular weight is 201 g/mol. The second-order valence-electron chi connectivity index (χ2n) is 5.18. The molecule has 1 nitrogen and oxygen atoms in total. The van der Waals surface area contributed by atoms with Crippen molar-refractivity contribution in [2.24, 2.45) is 5.41 Å². The Kier molecular flexibility index (Phi) is 3.34. The summed E-state index contributed by atoms with van der Waals surface area (Å²) < 4.78 is 0. The Hall–Kier alpha value is 0.310. The summed E-state index contributed by atoms with van der Waals surface area (Å²) >= 11 is 4.44. The predicted molar refractivity (Wildman–Crippen MR) is 62.5 cm³/mol. The number of thiol groups is 1. The second kappa shape index (κ2) is 3.82. The Morgan fingerprint density at radius 2 is 1.92 bits per heavy atom. The summed E-state index contributed by atoms with van der Waals surface area (Å²) in [5, 5.41) is 0. The van der Waals surface area contributed by atoms with Gasteiger partial charge in [-0.3, -0.25) is 0 Å². The number of hydrogen-bond donors (Lipinski definition) is 1. The highest BCUT2D eigenvalue weighted by atomic mass is 32.1. The summed E-state index contributed by atoms with van der Waals surface area (Å²) in [5.41, 5.74) is 0.906. The largest absolute Gasteiger partial charge is 0.301 e. The molecule has 1 aliphatic rings. The van der Waals surface area contributed by atoms with E-state index in [9.17, 15) is 0 Å². The Balaban J connectivity index is 2.45. The molecule has 78 valence electrons. The normalized spacial score (nSPS) is 20.8. The van der Waals surface area contributed by atoms with Gasteiger partial charge in [0.15, 0.2) is 0 Å². The van der Waals surface area contributed by atoms with Crippen molar-refractivity contribution in [1.29, 1.82) is 0 Å². The van der Waals surface area contributed by atoms with E-state index < -0.39 is 0 Å². The minimum Gasteiger partial charge on any atom is -0.301 e. The zero-order valence-electron chi connectivity index (χ0n) is 9.43. The fourth-order valence-corrected chi connectivity index (χ4v) is 1.95. The van der Waals surface area contributed by atoms with Crippen molar-refractivity contribution >= 4 is 12.6 Å². The van der Waals surface area contributed by atoms with Gasteiger partial charge in [-0.05, 0) is 51.3 Å². The number of rotatable bonds is 5. The Morgan fingerprint density at radius 3 is 2.23 bits per heavy atom. The molecule has 0 saturated heterocycles. The molecule has 0 amide bonds. The monoisotopic (exact) mass is 201 g/mol. The molecular formula is C11H23NS. The third-order valence-electron chi connectivity index (χ3n) is 3.76. The van der Waals surface area contributed by atoms with Crippen molar-refractivity contribution in [3.8, 4) is 0 Å². The molecule has 13 heavy (non-hydrogen) atoms. The first kappa shape index (κ1) is 11.4. The molecule has 0 atom stereocenters. The molecule has 0 aromatic carbocycles. The summed E-state index contributed by atoms with van der Waals surface area (Å²) in [6, 6.07) is 0. The van der Waals surface area contributed by atoms with Gasteiger partial charge in [-0.15, -0.1) is 0 Å². The van der Waals surface area contributed by atoms with Gasteiger partial charge in [-0.2, -0.15) is 12.6 Å². The van der Waals surface area contributed by atoms with Crippen molar-refractivity contribution in [2.45, 2.75) is 45.6 Å². The molecule has 0 N–H and O–H groups in total. The molecule has 0 radical (unpaired) electrons. The lowest BCUT2D eigenvalue weighted by atomic mass is 9.97. The molecule has 0 unspecified atom stereocenters. The molecule has 1 fully saturated rings. The van der Waals surface area contributed by atoms with Gasteiger partial charge in [0.1, 0.15) is 0 Å². The third kappa shape index (κ3) is 2.63. The van der Waals surface area contributed by atoms with Crippen LogP contribution in [0.25, 0.3) is 0 Å². The maximum atomic E-state index is 4.44. The molecule has 0 bridgehead atoms. The van der Waals surface area contributed by atoms with Crippen LogP contribution in [-0.4, -0.2) is 29.8 Å². The van der Waals surface area contributed by atoms with Gasteiger partial charge < -0.3 is 4.90 Å². The molecule has 0 spiro atoms. The molecule has 0 heterocycles. The van der Waals surface area contributed by atoms with E-state index in [0.29, 0.717) is 11.0 Å². The van der Waals surface area contributed by atoms with Gasteiger partial charge in [0, 0.05) is 12.1 Å². The molecule has 0 aromatic heterocycles. The van der Waals surface area contributed by atoms with Crippen molar-refractivity contribution in [1.82, 2.24) is 4.90 Å². The molecule has 1 rings (SSSR count). The van der Waals surface area contributed by atoms with Gasteiger partial charge in [0.05, 0.1) is 0 Å². The summed E-state index contributed by atoms with van der Waals surface area (Å²) in [5.74, 6) is 1.05. The lowest BCUT2D eigenvalue weighted by molar-refractivity contribution is 0.126. The predicted octanol–water partition coefficient (Wildman–Crippen LogP) is 2.82. The average Bonchev–Trinajstić information content (AvgIpc) is 2.85. The van der Waals surface area contributed by atoms with Crippen LogP contribution in [0.4, 0.5) is 0 Å². The lowest BCUT2D eigenvalue weighted by Crippen LogP contribution is -2.43. The quantitative estimate of drug-likeness (QED) is 0.669. The summed E-state index contributed by atoms with van der Waals surface area (Å²) in [7, 11) is 2.24. The third-order valence-corrected chi connectivity index (χ3v) is 4.43. The first-order valence-corrected chi connectivity index (χ1v) is 5.91. The van der Waals surface area contributed by atoms with Gasteiger partial charge in [-0.1, -0.05) is 6.92 Å². The molecule has 2 heteroatoms. The first-order valence-electron chi connectivity index (χ1n) is 5.28. The van der Waals surface area contributed by atoms with Gasteiger partial charge >= 0.3 is 0 Å². The van der Waals surface area contributed by atoms with E-state index in [2.05, 4.69) is 45.3 Å². The summed E-state index contributed by atoms with van der Waals surface area (Å²) in [6.45, 7) is 8.12. The lowest BCUT2D eigenvalue weighted by Gasteiger charge is -2.37. The molecular weight excluding hydrogens is 178 g/mol. The Morgan fingerprint density at radius 1 is 1.38 bits per heavy atom. The van der Waals surface area contributed by atoms with E-state index in [0.717, 1.165) is 5.75 Å². The van der Waals surface area contributed by atoms with Crippen molar-refractivity contribution in [2.75, 3.05) is 19.3 Å². The van der Waals surface area contributed by atoms with Crippen LogP contribution >= 0.6 is 12.6 Å². The minimum absolute atomic E-state index is 0.346. The van der Waals surface area contributed by atoms with Crippen LogP contribution in [0.3, 0.4) is 0 Å². The fourth-order valence-electron chi connectivity index (χ4n) is 1.53. The van der Waals surface area contributed by atoms with E-state index in [1.807, 2.05) is 0 Å². The smallest absolute Gasteiger partial charge is 0.0147 e. The van der Waals surface area contributed by atoms with Crippen LogP contribution in [0.5, 0.6) is 0 Å². The Labute approximate surface area is 88.3 Å². The topological polar surface area (TPSA) is 3.24 Å². The van der Waals surface area contributed by atoms with Crippen LogP contribution in [0.1, 0.15) is 40.0 Å². The van der Waals surface area contributed by atoms with Gasteiger partial charge in [0.2, 0.25) is 0 Å². The first-order chi connectivity index (χ1) is 5.96. The van der Waals surface area contributed by atoms with Crippen LogP contribution in [0.2, 0.25) is 0 Å². The second-order valence-corrected chi connectivity index (χ2v) is 5.50. The van der Waals surface area contributed by atoms with Crippen LogP contribution in [0, 0.1) is 5.41 Å². The maximum absolute atomic E-state index is 4.44. The minimum atomic E-state index is 0.346. The van der Waals surface area contributed by atoms with E-state index in [1.54, 1.807) is 0 Å². The summed E-state index contributed by atoms with van der Waals surface area (Å²) in [6.07, 6.45) is 3.97. The van der Waals surface area contributed by atoms with E-state index >= 15 is 0 Å². The van der Waals surface area contributed by atoms with Crippen LogP contribution < -0.4 is 0 Å². The standard InChI is InChI=1S/C11H23NS/c1-5-10(2,3)12(4)8-11(9-13)6-7-11/h13H,5-9H2,1-4H3. The fraction of sp³-hybridized carbons (Fsp3) is 1.00. The highest BCUT2D eigenvalue weighted by molar-refractivity contribution is 7.80. The SMILES string of the molecule is CCC(C)(C)N(C)CC1(CS)CC1. The Bertz CT molecular complexity index is 173. The van der Waals surface area contributed by atoms with E-state index in [4.69, 9.17) is 0 Å². The zero-order chi connectivity index (χ0) is 10.1. The van der Waals surface area contributed by atoms with Gasteiger partial charge in [0.25, 0.3) is 0 Å². The highest BCUT2D eigenvalue weighted by Gasteiger charge is 2.43. The molecule has 1 aliphatic carbocycles. The van der Waals surface area contributed by atoms with Crippen LogP contribution in [0.15, 0.2) is 0 Å². The maximum Gasteiger partial charge on any atom is 0.0147 e. The zero-order valence-corrected chi connectivity index (χ0v) is 10.3. The van der Waals surface area contributed by atoms with Crippen molar-refractivity contribution in [3.05, 3.63) is 0 Å². The van der Waals surface area contributed by atoms with Crippen molar-refractivity contribution in [3.63, 3.8) is 0 Å². The van der Waals surface area contributed by atoms with Crippen LogP contribution in [-0.2, 0) is 0 Å². The summed E-state index contributed by atoms with van der Waals surface area (Å²) in [4.78, 5) is 2.50. The van der Waals surface area contributed by atoms with Crippen molar-refractivity contribution < 1.29 is 0 Å².